The van der Waals surface area contributed by atoms with E-state index in [1.807, 2.05) is 6.92 Å². The zero-order valence-corrected chi connectivity index (χ0v) is 7.15. The van der Waals surface area contributed by atoms with Gasteiger partial charge < -0.3 is 0 Å². The Morgan fingerprint density at radius 1 is 2.00 bits per heavy atom. The van der Waals surface area contributed by atoms with Crippen LogP contribution in [0.5, 0.6) is 0 Å². The van der Waals surface area contributed by atoms with Crippen LogP contribution in [0.1, 0.15) is 6.92 Å². The van der Waals surface area contributed by atoms with Gasteiger partial charge in [0.15, 0.2) is 0 Å². The van der Waals surface area contributed by atoms with Gasteiger partial charge in [-0.1, -0.05) is 0 Å². The number of hydrogen-bond donors (Lipinski definition) is 0. The molecule has 0 saturated heterocycles. The second kappa shape index (κ2) is 4.27. The number of carbonyl (C=O) groups excluding carboxylic acids is 1. The molecule has 0 bridgehead atoms. The molecule has 3 heteroatoms. The molecule has 0 atom stereocenters. The van der Waals surface area contributed by atoms with E-state index in [-0.39, 0.29) is 49.0 Å². The summed E-state index contributed by atoms with van der Waals surface area (Å²) in [5.41, 5.74) is 0. The van der Waals surface area contributed by atoms with Crippen LogP contribution < -0.4 is 0 Å². The summed E-state index contributed by atoms with van der Waals surface area (Å²) in [5.74, 6) is 0. The maximum absolute atomic E-state index is 9.90. The van der Waals surface area contributed by atoms with Crippen molar-refractivity contribution < 1.29 is 9.53 Å². The van der Waals surface area contributed by atoms with Crippen molar-refractivity contribution in [2.45, 2.75) is 6.92 Å². The molecular formula is C3H5KO2. The third-order valence-corrected chi connectivity index (χ3v) is 0.798. The van der Waals surface area contributed by atoms with Crippen LogP contribution in [0.25, 0.3) is 0 Å². The van der Waals surface area contributed by atoms with Gasteiger partial charge >= 0.3 is 72.1 Å². The van der Waals surface area contributed by atoms with Gasteiger partial charge in [-0.15, -0.1) is 0 Å². The van der Waals surface area contributed by atoms with Crippen LogP contribution in [0, 0.1) is 0 Å². The van der Waals surface area contributed by atoms with E-state index >= 15 is 0 Å². The molecule has 0 aromatic rings. The summed E-state index contributed by atoms with van der Waals surface area (Å²) in [6, 6.07) is 0. The fourth-order valence-corrected chi connectivity index (χ4v) is 0.654. The predicted molar refractivity (Wildman–Crippen MR) is 22.8 cm³/mol. The molecular weight excluding hydrogens is 107 g/mol. The van der Waals surface area contributed by atoms with Crippen molar-refractivity contribution in [3.63, 3.8) is 0 Å². The normalized spacial score (nSPS) is 7.83. The molecule has 6 heavy (non-hydrogen) atoms. The van der Waals surface area contributed by atoms with Crippen molar-refractivity contribution in [1.29, 1.82) is 0 Å². The minimum absolute atomic E-state index is 0.0231. The maximum atomic E-state index is 9.90. The topological polar surface area (TPSA) is 26.3 Å². The van der Waals surface area contributed by atoms with Gasteiger partial charge in [-0.2, -0.15) is 0 Å². The molecule has 0 radical (unpaired) electrons. The first kappa shape index (κ1) is 7.11. The van der Waals surface area contributed by atoms with Crippen LogP contribution >= 0.6 is 0 Å². The third-order valence-electron chi connectivity index (χ3n) is 0.348. The van der Waals surface area contributed by atoms with E-state index < -0.39 is 0 Å². The van der Waals surface area contributed by atoms with Gasteiger partial charge in [0.05, 0.1) is 0 Å². The number of carbonyl (C=O) groups is 1. The molecule has 0 aliphatic carbocycles. The van der Waals surface area contributed by atoms with Crippen LogP contribution in [0.3, 0.4) is 0 Å². The molecule has 0 amide bonds. The molecule has 0 aromatic heterocycles. The molecule has 0 fully saturated rings. The van der Waals surface area contributed by atoms with Crippen molar-refractivity contribution in [2.75, 3.05) is 6.61 Å². The van der Waals surface area contributed by atoms with Crippen LogP contribution in [0.4, 0.5) is 4.79 Å². The molecule has 0 aliphatic rings. The Labute approximate surface area is 70.8 Å². The zero-order chi connectivity index (χ0) is 4.99. The molecule has 0 saturated carbocycles. The molecule has 0 rings (SSSR count). The van der Waals surface area contributed by atoms with Crippen molar-refractivity contribution >= 4 is 49.0 Å². The van der Waals surface area contributed by atoms with Crippen molar-refractivity contribution in [2.24, 2.45) is 0 Å². The average molecular weight is 112 g/mol. The number of ether oxygens (including phenoxy) is 1. The van der Waals surface area contributed by atoms with Crippen LogP contribution in [0.15, 0.2) is 0 Å². The Morgan fingerprint density at radius 3 is 2.50 bits per heavy atom. The Morgan fingerprint density at radius 2 is 2.50 bits per heavy atom. The molecule has 0 N–H and O–H groups in total. The molecule has 0 heterocycles. The standard InChI is InChI=1S/C3H5O2.K/c1-2-5-3-4;/h2H2,1H3;. The second-order valence-electron chi connectivity index (χ2n) is 0.925. The minimum atomic E-state index is -0.0231. The fraction of sp³-hybridized carbons (Fsp3) is 0.667. The Hall–Kier alpha value is 1.11. The van der Waals surface area contributed by atoms with E-state index in [0.717, 1.165) is 0 Å². The summed E-state index contributed by atoms with van der Waals surface area (Å²) < 4.78 is 4.46. The van der Waals surface area contributed by atoms with Gasteiger partial charge in [-0.25, -0.2) is 0 Å². The number of hydrogen-bond acceptors (Lipinski definition) is 2. The molecule has 0 spiro atoms. The van der Waals surface area contributed by atoms with Crippen molar-refractivity contribution in [3.05, 3.63) is 0 Å². The molecule has 0 unspecified atom stereocenters. The fourth-order valence-electron chi connectivity index (χ4n) is 0.203. The van der Waals surface area contributed by atoms with Gasteiger partial charge in [0.1, 0.15) is 0 Å². The van der Waals surface area contributed by atoms with Gasteiger partial charge in [0.2, 0.25) is 0 Å². The number of rotatable bonds is 1. The predicted octanol–water partition coefficient (Wildman–Crippen LogP) is 0.311. The van der Waals surface area contributed by atoms with Crippen LogP contribution in [-0.4, -0.2) is 55.6 Å². The quantitative estimate of drug-likeness (QED) is 0.456. The Bertz CT molecular complexity index is 52.8. The van der Waals surface area contributed by atoms with Gasteiger partial charge in [-0.3, -0.25) is 0 Å². The first-order valence-electron chi connectivity index (χ1n) is 1.90. The van der Waals surface area contributed by atoms with E-state index in [4.69, 9.17) is 0 Å². The van der Waals surface area contributed by atoms with Crippen LogP contribution in [-0.2, 0) is 4.74 Å². The van der Waals surface area contributed by atoms with E-state index in [2.05, 4.69) is 4.74 Å². The first-order valence-corrected chi connectivity index (χ1v) is 3.47. The van der Waals surface area contributed by atoms with E-state index in [1.54, 1.807) is 0 Å². The summed E-state index contributed by atoms with van der Waals surface area (Å²) >= 11 is 0.211. The Kier molecular flexibility index (Phi) is 5.06. The van der Waals surface area contributed by atoms with Crippen molar-refractivity contribution in [3.8, 4) is 0 Å². The molecule has 2 nitrogen and oxygen atoms in total. The summed E-state index contributed by atoms with van der Waals surface area (Å²) in [4.78, 5) is 9.90. The van der Waals surface area contributed by atoms with Crippen molar-refractivity contribution in [1.82, 2.24) is 0 Å². The van der Waals surface area contributed by atoms with Gasteiger partial charge in [0.25, 0.3) is 0 Å². The molecule has 30 valence electrons. The van der Waals surface area contributed by atoms with E-state index in [1.165, 1.54) is 0 Å². The third kappa shape index (κ3) is 5.11. The van der Waals surface area contributed by atoms with Gasteiger partial charge in [-0.05, 0) is 0 Å². The first-order chi connectivity index (χ1) is 2.77. The Balaban J connectivity index is 2.83. The SMILES string of the molecule is CCO[C](=O)[K]. The average Bonchev–Trinajstić information content (AvgIpc) is 1.35. The monoisotopic (exact) mass is 112 g/mol. The van der Waals surface area contributed by atoms with Gasteiger partial charge in [0, 0.05) is 0 Å². The summed E-state index contributed by atoms with van der Waals surface area (Å²) in [5, 5.41) is 0. The van der Waals surface area contributed by atoms with Crippen LogP contribution in [0.2, 0.25) is 0 Å². The summed E-state index contributed by atoms with van der Waals surface area (Å²) in [6.07, 6.45) is 0. The van der Waals surface area contributed by atoms with E-state index in [9.17, 15) is 4.79 Å². The summed E-state index contributed by atoms with van der Waals surface area (Å²) in [6.45, 7) is 2.34. The van der Waals surface area contributed by atoms with E-state index in [0.29, 0.717) is 6.61 Å². The summed E-state index contributed by atoms with van der Waals surface area (Å²) in [7, 11) is 0. The second-order valence-corrected chi connectivity index (χ2v) is 2.20. The zero-order valence-electron chi connectivity index (χ0n) is 4.02. The molecule has 0 aliphatic heterocycles. The molecule has 0 aromatic carbocycles.